The van der Waals surface area contributed by atoms with Crippen molar-refractivity contribution < 1.29 is 12.8 Å². The lowest BCUT2D eigenvalue weighted by Gasteiger charge is -2.23. The largest absolute Gasteiger partial charge is 0.423 e. The fourth-order valence-corrected chi connectivity index (χ4v) is 4.66. The Morgan fingerprint density at radius 3 is 2.89 bits per heavy atom. The molecule has 0 saturated carbocycles. The van der Waals surface area contributed by atoms with Crippen molar-refractivity contribution in [2.45, 2.75) is 30.7 Å². The second-order valence-corrected chi connectivity index (χ2v) is 8.89. The van der Waals surface area contributed by atoms with Gasteiger partial charge >= 0.3 is 0 Å². The van der Waals surface area contributed by atoms with Crippen molar-refractivity contribution in [3.8, 4) is 0 Å². The van der Waals surface area contributed by atoms with E-state index >= 15 is 0 Å². The van der Waals surface area contributed by atoms with Crippen LogP contribution in [0.4, 0.5) is 6.01 Å². The molecule has 1 atom stereocenters. The first-order valence-electron chi connectivity index (χ1n) is 8.82. The molecule has 2 aromatic carbocycles. The summed E-state index contributed by atoms with van der Waals surface area (Å²) in [5, 5.41) is 0.437. The van der Waals surface area contributed by atoms with E-state index in [0.29, 0.717) is 11.0 Å². The summed E-state index contributed by atoms with van der Waals surface area (Å²) < 4.78 is 33.8. The number of hydrogen-bond donors (Lipinski definition) is 1. The van der Waals surface area contributed by atoms with Crippen LogP contribution in [0.1, 0.15) is 18.4 Å². The molecule has 4 rings (SSSR count). The first kappa shape index (κ1) is 18.3. The molecule has 142 valence electrons. The Labute approximate surface area is 163 Å². The lowest BCUT2D eigenvalue weighted by atomic mass is 10.2. The predicted octanol–water partition coefficient (Wildman–Crippen LogP) is 3.74. The number of nitrogens with zero attached hydrogens (tertiary/aromatic N) is 2. The van der Waals surface area contributed by atoms with Crippen molar-refractivity contribution in [2.75, 3.05) is 18.0 Å². The van der Waals surface area contributed by atoms with Crippen LogP contribution in [0.25, 0.3) is 11.1 Å². The maximum absolute atomic E-state index is 12.6. The van der Waals surface area contributed by atoms with Crippen molar-refractivity contribution in [1.82, 2.24) is 9.71 Å². The molecule has 27 heavy (non-hydrogen) atoms. The summed E-state index contributed by atoms with van der Waals surface area (Å²) in [4.78, 5) is 6.74. The average Bonchev–Trinajstić information content (AvgIpc) is 3.28. The summed E-state index contributed by atoms with van der Waals surface area (Å²) in [7, 11) is -3.63. The number of halogens is 1. The molecular weight excluding hydrogens is 386 g/mol. The van der Waals surface area contributed by atoms with E-state index in [4.69, 9.17) is 16.0 Å². The SMILES string of the molecule is Cc1ccc(S(=O)(=O)NCC2CCCN2c2nc3ccccc3o2)cc1Cl. The molecule has 3 aromatic rings. The Bertz CT molecular complexity index is 1050. The highest BCUT2D eigenvalue weighted by Gasteiger charge is 2.29. The summed E-state index contributed by atoms with van der Waals surface area (Å²) in [5.41, 5.74) is 2.37. The quantitative estimate of drug-likeness (QED) is 0.699. The molecule has 1 aromatic heterocycles. The Morgan fingerprint density at radius 2 is 2.11 bits per heavy atom. The van der Waals surface area contributed by atoms with Crippen LogP contribution in [0, 0.1) is 6.92 Å². The predicted molar refractivity (Wildman–Crippen MR) is 106 cm³/mol. The molecule has 1 fully saturated rings. The van der Waals surface area contributed by atoms with Gasteiger partial charge in [0.05, 0.1) is 4.90 Å². The summed E-state index contributed by atoms with van der Waals surface area (Å²) >= 11 is 6.07. The van der Waals surface area contributed by atoms with Crippen molar-refractivity contribution in [1.29, 1.82) is 0 Å². The zero-order chi connectivity index (χ0) is 19.0. The smallest absolute Gasteiger partial charge is 0.298 e. The molecule has 1 saturated heterocycles. The molecule has 0 radical (unpaired) electrons. The van der Waals surface area contributed by atoms with Gasteiger partial charge in [0.1, 0.15) is 5.52 Å². The number of aromatic nitrogens is 1. The van der Waals surface area contributed by atoms with E-state index in [2.05, 4.69) is 9.71 Å². The van der Waals surface area contributed by atoms with Gasteiger partial charge in [0.2, 0.25) is 10.0 Å². The first-order valence-corrected chi connectivity index (χ1v) is 10.7. The number of nitrogens with one attached hydrogen (secondary N) is 1. The van der Waals surface area contributed by atoms with Crippen LogP contribution in [-0.4, -0.2) is 32.5 Å². The highest BCUT2D eigenvalue weighted by Crippen LogP contribution is 2.28. The third-order valence-corrected chi connectivity index (χ3v) is 6.70. The van der Waals surface area contributed by atoms with Gasteiger partial charge in [0.15, 0.2) is 5.58 Å². The minimum atomic E-state index is -3.63. The van der Waals surface area contributed by atoms with Gasteiger partial charge in [-0.1, -0.05) is 29.8 Å². The van der Waals surface area contributed by atoms with Crippen molar-refractivity contribution in [3.63, 3.8) is 0 Å². The molecule has 0 bridgehead atoms. The van der Waals surface area contributed by atoms with E-state index in [1.54, 1.807) is 12.1 Å². The van der Waals surface area contributed by atoms with Crippen LogP contribution in [0.15, 0.2) is 51.8 Å². The molecule has 1 unspecified atom stereocenters. The second kappa shape index (κ2) is 7.14. The van der Waals surface area contributed by atoms with E-state index in [-0.39, 0.29) is 17.5 Å². The fourth-order valence-electron chi connectivity index (χ4n) is 3.31. The number of hydrogen-bond acceptors (Lipinski definition) is 5. The number of aryl methyl sites for hydroxylation is 1. The third kappa shape index (κ3) is 3.67. The van der Waals surface area contributed by atoms with Gasteiger partial charge in [-0.15, -0.1) is 0 Å². The van der Waals surface area contributed by atoms with Crippen LogP contribution in [0.2, 0.25) is 5.02 Å². The number of para-hydroxylation sites is 2. The molecule has 0 spiro atoms. The van der Waals surface area contributed by atoms with E-state index < -0.39 is 10.0 Å². The topological polar surface area (TPSA) is 75.4 Å². The van der Waals surface area contributed by atoms with E-state index in [9.17, 15) is 8.42 Å². The average molecular weight is 406 g/mol. The number of rotatable bonds is 5. The van der Waals surface area contributed by atoms with Gasteiger partial charge in [0.25, 0.3) is 6.01 Å². The summed E-state index contributed by atoms with van der Waals surface area (Å²) in [6, 6.07) is 12.9. The monoisotopic (exact) mass is 405 g/mol. The molecule has 1 aliphatic rings. The standard InChI is InChI=1S/C19H20ClN3O3S/c1-13-8-9-15(11-16(13)20)27(24,25)21-12-14-5-4-10-23(14)19-22-17-6-2-3-7-18(17)26-19/h2-3,6-9,11,14,21H,4-5,10,12H2,1H3. The summed E-state index contributed by atoms with van der Waals surface area (Å²) in [6.45, 7) is 2.91. The first-order chi connectivity index (χ1) is 12.9. The van der Waals surface area contributed by atoms with Gasteiger partial charge in [0, 0.05) is 24.2 Å². The third-order valence-electron chi connectivity index (χ3n) is 4.87. The van der Waals surface area contributed by atoms with Gasteiger partial charge in [-0.2, -0.15) is 4.98 Å². The zero-order valence-corrected chi connectivity index (χ0v) is 16.4. The number of sulfonamides is 1. The van der Waals surface area contributed by atoms with E-state index in [1.807, 2.05) is 36.1 Å². The van der Waals surface area contributed by atoms with Crippen molar-refractivity contribution in [2.24, 2.45) is 0 Å². The Balaban J connectivity index is 1.50. The minimum Gasteiger partial charge on any atom is -0.423 e. The molecule has 2 heterocycles. The second-order valence-electron chi connectivity index (χ2n) is 6.72. The van der Waals surface area contributed by atoms with Crippen LogP contribution < -0.4 is 9.62 Å². The molecular formula is C19H20ClN3O3S. The van der Waals surface area contributed by atoms with Crippen LogP contribution >= 0.6 is 11.6 Å². The molecule has 0 amide bonds. The van der Waals surface area contributed by atoms with E-state index in [0.717, 1.165) is 36.0 Å². The highest BCUT2D eigenvalue weighted by atomic mass is 35.5. The molecule has 1 N–H and O–H groups in total. The van der Waals surface area contributed by atoms with Crippen molar-refractivity contribution >= 4 is 38.7 Å². The Hall–Kier alpha value is -2.09. The van der Waals surface area contributed by atoms with Crippen LogP contribution in [0.5, 0.6) is 0 Å². The molecule has 1 aliphatic heterocycles. The Kier molecular flexibility index (Phi) is 4.84. The minimum absolute atomic E-state index is 0.00578. The lowest BCUT2D eigenvalue weighted by molar-refractivity contribution is 0.534. The highest BCUT2D eigenvalue weighted by molar-refractivity contribution is 7.89. The van der Waals surface area contributed by atoms with Crippen LogP contribution in [0.3, 0.4) is 0 Å². The maximum atomic E-state index is 12.6. The normalized spacial score (nSPS) is 17.7. The number of fused-ring (bicyclic) bond motifs is 1. The summed E-state index contributed by atoms with van der Waals surface area (Å²) in [5.74, 6) is 0. The number of oxazole rings is 1. The molecule has 6 nitrogen and oxygen atoms in total. The van der Waals surface area contributed by atoms with Crippen LogP contribution in [-0.2, 0) is 10.0 Å². The van der Waals surface area contributed by atoms with Crippen molar-refractivity contribution in [3.05, 3.63) is 53.1 Å². The van der Waals surface area contributed by atoms with E-state index in [1.165, 1.54) is 6.07 Å². The number of benzene rings is 2. The van der Waals surface area contributed by atoms with Gasteiger partial charge in [-0.05, 0) is 49.6 Å². The van der Waals surface area contributed by atoms with Gasteiger partial charge < -0.3 is 9.32 Å². The lowest BCUT2D eigenvalue weighted by Crippen LogP contribution is -2.40. The zero-order valence-electron chi connectivity index (χ0n) is 14.9. The number of anilines is 1. The Morgan fingerprint density at radius 1 is 1.30 bits per heavy atom. The summed E-state index contributed by atoms with van der Waals surface area (Å²) in [6.07, 6.45) is 1.83. The molecule has 0 aliphatic carbocycles. The van der Waals surface area contributed by atoms with Gasteiger partial charge in [-0.25, -0.2) is 13.1 Å². The van der Waals surface area contributed by atoms with Gasteiger partial charge in [-0.3, -0.25) is 0 Å². The maximum Gasteiger partial charge on any atom is 0.298 e. The fraction of sp³-hybridized carbons (Fsp3) is 0.316. The molecule has 8 heteroatoms.